The summed E-state index contributed by atoms with van der Waals surface area (Å²) in [4.78, 5) is 0. The molecule has 1 aromatic carbocycles. The zero-order chi connectivity index (χ0) is 12.9. The van der Waals surface area contributed by atoms with Gasteiger partial charge in [-0.2, -0.15) is 0 Å². The summed E-state index contributed by atoms with van der Waals surface area (Å²) < 4.78 is 30.0. The van der Waals surface area contributed by atoms with Gasteiger partial charge in [-0.25, -0.2) is 8.42 Å². The van der Waals surface area contributed by atoms with Crippen molar-refractivity contribution in [3.8, 4) is 0 Å². The fourth-order valence-corrected chi connectivity index (χ4v) is 2.60. The Hall–Kier alpha value is -1.11. The van der Waals surface area contributed by atoms with E-state index in [1.165, 1.54) is 18.5 Å². The van der Waals surface area contributed by atoms with Crippen LogP contribution in [0, 0.1) is 0 Å². The minimum absolute atomic E-state index is 0.0428. The second-order valence-electron chi connectivity index (χ2n) is 3.61. The number of rotatable bonds is 6. The molecule has 0 unspecified atom stereocenters. The Bertz CT molecular complexity index is 460. The number of anilines is 1. The number of hydrogen-bond acceptors (Lipinski definition) is 4. The molecule has 17 heavy (non-hydrogen) atoms. The van der Waals surface area contributed by atoms with Crippen molar-refractivity contribution in [1.29, 1.82) is 0 Å². The normalized spacial score (nSPS) is 11.5. The quantitative estimate of drug-likeness (QED) is 0.809. The van der Waals surface area contributed by atoms with E-state index >= 15 is 0 Å². The first kappa shape index (κ1) is 14.0. The third-order valence-electron chi connectivity index (χ3n) is 2.51. The summed E-state index contributed by atoms with van der Waals surface area (Å²) in [6, 6.07) is 7.18. The number of nitrogens with two attached hydrogens (primary N) is 1. The average molecular weight is 258 g/mol. The van der Waals surface area contributed by atoms with Crippen LogP contribution < -0.4 is 10.0 Å². The van der Waals surface area contributed by atoms with Crippen molar-refractivity contribution in [2.45, 2.75) is 6.54 Å². The lowest BCUT2D eigenvalue weighted by molar-refractivity contribution is 0.217. The van der Waals surface area contributed by atoms with Crippen molar-refractivity contribution in [3.63, 3.8) is 0 Å². The van der Waals surface area contributed by atoms with Crippen LogP contribution in [0.2, 0.25) is 0 Å². The standard InChI is InChI=1S/C11H18N2O3S/c1-13(17(14,15)8-7-16-2)11-6-4-3-5-10(11)9-12/h3-6H,7-9,12H2,1-2H3. The van der Waals surface area contributed by atoms with Gasteiger partial charge in [0.15, 0.2) is 0 Å². The Labute approximate surface area is 102 Å². The summed E-state index contributed by atoms with van der Waals surface area (Å²) in [6.45, 7) is 0.484. The molecule has 0 atom stereocenters. The maximum absolute atomic E-state index is 12.0. The molecule has 0 heterocycles. The molecule has 0 fully saturated rings. The molecule has 0 aliphatic rings. The van der Waals surface area contributed by atoms with Gasteiger partial charge in [0.2, 0.25) is 10.0 Å². The number of sulfonamides is 1. The van der Waals surface area contributed by atoms with Crippen LogP contribution in [0.1, 0.15) is 5.56 Å². The Kier molecular flexibility index (Phi) is 4.92. The molecule has 0 aliphatic heterocycles. The third kappa shape index (κ3) is 3.42. The second-order valence-corrected chi connectivity index (χ2v) is 5.73. The summed E-state index contributed by atoms with van der Waals surface area (Å²) in [5.41, 5.74) is 7.00. The van der Waals surface area contributed by atoms with Gasteiger partial charge < -0.3 is 10.5 Å². The predicted octanol–water partition coefficient (Wildman–Crippen LogP) is 0.558. The number of para-hydroxylation sites is 1. The number of hydrogen-bond donors (Lipinski definition) is 1. The van der Waals surface area contributed by atoms with E-state index in [4.69, 9.17) is 10.5 Å². The maximum Gasteiger partial charge on any atom is 0.237 e. The van der Waals surface area contributed by atoms with E-state index in [-0.39, 0.29) is 12.4 Å². The fraction of sp³-hybridized carbons (Fsp3) is 0.455. The molecule has 5 nitrogen and oxygen atoms in total. The number of methoxy groups -OCH3 is 1. The molecule has 0 spiro atoms. The minimum atomic E-state index is -3.36. The van der Waals surface area contributed by atoms with Crippen molar-refractivity contribution >= 4 is 15.7 Å². The zero-order valence-electron chi connectivity index (χ0n) is 10.1. The molecule has 2 N–H and O–H groups in total. The van der Waals surface area contributed by atoms with Crippen LogP contribution in [0.25, 0.3) is 0 Å². The van der Waals surface area contributed by atoms with E-state index in [1.807, 2.05) is 12.1 Å². The Balaban J connectivity index is 2.99. The van der Waals surface area contributed by atoms with Gasteiger partial charge in [0.1, 0.15) is 0 Å². The lowest BCUT2D eigenvalue weighted by Crippen LogP contribution is -2.31. The number of nitrogens with zero attached hydrogens (tertiary/aromatic N) is 1. The highest BCUT2D eigenvalue weighted by Gasteiger charge is 2.19. The van der Waals surface area contributed by atoms with Crippen molar-refractivity contribution < 1.29 is 13.2 Å². The van der Waals surface area contributed by atoms with Crippen LogP contribution in [0.15, 0.2) is 24.3 Å². The van der Waals surface area contributed by atoms with Crippen LogP contribution >= 0.6 is 0 Å². The van der Waals surface area contributed by atoms with Crippen molar-refractivity contribution in [3.05, 3.63) is 29.8 Å². The van der Waals surface area contributed by atoms with Crippen molar-refractivity contribution in [1.82, 2.24) is 0 Å². The van der Waals surface area contributed by atoms with Crippen LogP contribution in [0.5, 0.6) is 0 Å². The van der Waals surface area contributed by atoms with Crippen LogP contribution in [0.3, 0.4) is 0 Å². The molecule has 0 bridgehead atoms. The molecule has 1 aromatic rings. The minimum Gasteiger partial charge on any atom is -0.384 e. The summed E-state index contributed by atoms with van der Waals surface area (Å²) >= 11 is 0. The monoisotopic (exact) mass is 258 g/mol. The number of ether oxygens (including phenoxy) is 1. The van der Waals surface area contributed by atoms with Gasteiger partial charge >= 0.3 is 0 Å². The van der Waals surface area contributed by atoms with E-state index in [2.05, 4.69) is 0 Å². The van der Waals surface area contributed by atoms with Crippen LogP contribution in [-0.4, -0.2) is 34.9 Å². The summed E-state index contributed by atoms with van der Waals surface area (Å²) in [7, 11) is -0.352. The largest absolute Gasteiger partial charge is 0.384 e. The van der Waals surface area contributed by atoms with E-state index < -0.39 is 10.0 Å². The van der Waals surface area contributed by atoms with Gasteiger partial charge in [0, 0.05) is 20.7 Å². The molecule has 0 radical (unpaired) electrons. The van der Waals surface area contributed by atoms with E-state index in [0.717, 1.165) is 5.56 Å². The van der Waals surface area contributed by atoms with Gasteiger partial charge in [-0.15, -0.1) is 0 Å². The van der Waals surface area contributed by atoms with Crippen molar-refractivity contribution in [2.75, 3.05) is 30.8 Å². The molecule has 0 amide bonds. The Morgan fingerprint density at radius 2 is 2.00 bits per heavy atom. The maximum atomic E-state index is 12.0. The second kappa shape index (κ2) is 6.00. The Morgan fingerprint density at radius 1 is 1.35 bits per heavy atom. The highest BCUT2D eigenvalue weighted by molar-refractivity contribution is 7.92. The highest BCUT2D eigenvalue weighted by Crippen LogP contribution is 2.21. The molecule has 0 aromatic heterocycles. The highest BCUT2D eigenvalue weighted by atomic mass is 32.2. The molecule has 1 rings (SSSR count). The van der Waals surface area contributed by atoms with Crippen molar-refractivity contribution in [2.24, 2.45) is 5.73 Å². The topological polar surface area (TPSA) is 72.6 Å². The SMILES string of the molecule is COCCS(=O)(=O)N(C)c1ccccc1CN. The van der Waals surface area contributed by atoms with Gasteiger partial charge in [-0.1, -0.05) is 18.2 Å². The first-order valence-corrected chi connectivity index (χ1v) is 6.87. The first-order valence-electron chi connectivity index (χ1n) is 5.26. The summed E-state index contributed by atoms with van der Waals surface area (Å²) in [6.07, 6.45) is 0. The van der Waals surface area contributed by atoms with Gasteiger partial charge in [0.25, 0.3) is 0 Å². The number of benzene rings is 1. The molecule has 0 saturated heterocycles. The van der Waals surface area contributed by atoms with E-state index in [9.17, 15) is 8.42 Å². The third-order valence-corrected chi connectivity index (χ3v) is 4.23. The molecule has 0 aliphatic carbocycles. The average Bonchev–Trinajstić information content (AvgIpc) is 2.35. The molecule has 0 saturated carbocycles. The van der Waals surface area contributed by atoms with E-state index in [1.54, 1.807) is 12.1 Å². The van der Waals surface area contributed by atoms with Gasteiger partial charge in [-0.3, -0.25) is 4.31 Å². The van der Waals surface area contributed by atoms with E-state index in [0.29, 0.717) is 12.2 Å². The van der Waals surface area contributed by atoms with Crippen LogP contribution in [-0.2, 0) is 21.3 Å². The smallest absolute Gasteiger partial charge is 0.237 e. The molecule has 6 heteroatoms. The molecular formula is C11H18N2O3S. The first-order chi connectivity index (χ1) is 8.03. The lowest BCUT2D eigenvalue weighted by atomic mass is 10.2. The van der Waals surface area contributed by atoms with Gasteiger partial charge in [-0.05, 0) is 11.6 Å². The van der Waals surface area contributed by atoms with Crippen LogP contribution in [0.4, 0.5) is 5.69 Å². The Morgan fingerprint density at radius 3 is 2.59 bits per heavy atom. The predicted molar refractivity (Wildman–Crippen MR) is 68.4 cm³/mol. The molecule has 96 valence electrons. The fourth-order valence-electron chi connectivity index (χ4n) is 1.47. The molecular weight excluding hydrogens is 240 g/mol. The lowest BCUT2D eigenvalue weighted by Gasteiger charge is -2.21. The zero-order valence-corrected chi connectivity index (χ0v) is 10.9. The summed E-state index contributed by atoms with van der Waals surface area (Å²) in [5.74, 6) is -0.0428. The van der Waals surface area contributed by atoms with Gasteiger partial charge in [0.05, 0.1) is 18.0 Å². The summed E-state index contributed by atoms with van der Waals surface area (Å²) in [5, 5.41) is 0.